The lowest BCUT2D eigenvalue weighted by atomic mass is 10.2. The van der Waals surface area contributed by atoms with Crippen LogP contribution in [0.5, 0.6) is 5.75 Å². The van der Waals surface area contributed by atoms with E-state index < -0.39 is 0 Å². The van der Waals surface area contributed by atoms with Gasteiger partial charge in [0.25, 0.3) is 0 Å². The van der Waals surface area contributed by atoms with Crippen LogP contribution in [-0.4, -0.2) is 86.6 Å². The molecule has 0 spiro atoms. The quantitative estimate of drug-likeness (QED) is 0.709. The number of hydrogen-bond donors (Lipinski definition) is 0. The van der Waals surface area contributed by atoms with Crippen LogP contribution in [0.25, 0.3) is 0 Å². The molecule has 2 aliphatic rings. The fourth-order valence-corrected chi connectivity index (χ4v) is 4.27. The normalized spacial score (nSPS) is 18.3. The smallest absolute Gasteiger partial charge is 0.236 e. The molecular formula is C24H31FN4O2. The molecule has 0 bridgehead atoms. The van der Waals surface area contributed by atoms with Gasteiger partial charge < -0.3 is 14.5 Å². The molecule has 1 amide bonds. The fraction of sp³-hybridized carbons (Fsp3) is 0.458. The molecule has 31 heavy (non-hydrogen) atoms. The van der Waals surface area contributed by atoms with E-state index in [4.69, 9.17) is 4.74 Å². The summed E-state index contributed by atoms with van der Waals surface area (Å²) >= 11 is 0. The molecule has 0 atom stereocenters. The lowest BCUT2D eigenvalue weighted by Gasteiger charge is -2.38. The van der Waals surface area contributed by atoms with Gasteiger partial charge in [-0.3, -0.25) is 14.6 Å². The van der Waals surface area contributed by atoms with Gasteiger partial charge in [0.15, 0.2) is 0 Å². The zero-order valence-electron chi connectivity index (χ0n) is 18.2. The van der Waals surface area contributed by atoms with Gasteiger partial charge in [0.2, 0.25) is 5.91 Å². The molecule has 2 aliphatic heterocycles. The number of rotatable bonds is 6. The van der Waals surface area contributed by atoms with Gasteiger partial charge in [-0.1, -0.05) is 18.2 Å². The first-order chi connectivity index (χ1) is 15.1. The monoisotopic (exact) mass is 426 g/mol. The number of ether oxygens (including phenoxy) is 1. The standard InChI is InChI=1S/C24H31FN4O2/c1-31-22-8-6-21(7-9-22)28-14-10-27(11-15-28)19-24(30)29-16-12-26(13-17-29)18-20-4-2-3-5-23(20)25/h2-9H,10-19H2,1H3. The van der Waals surface area contributed by atoms with Crippen molar-refractivity contribution in [2.45, 2.75) is 6.54 Å². The minimum absolute atomic E-state index is 0.158. The summed E-state index contributed by atoms with van der Waals surface area (Å²) in [4.78, 5) is 21.5. The van der Waals surface area contributed by atoms with Crippen molar-refractivity contribution in [1.29, 1.82) is 0 Å². The van der Waals surface area contributed by atoms with Gasteiger partial charge in [-0.15, -0.1) is 0 Å². The zero-order valence-corrected chi connectivity index (χ0v) is 18.2. The Kier molecular flexibility index (Phi) is 7.04. The van der Waals surface area contributed by atoms with Crippen LogP contribution in [0, 0.1) is 5.82 Å². The second kappa shape index (κ2) is 10.1. The number of hydrogen-bond acceptors (Lipinski definition) is 5. The highest BCUT2D eigenvalue weighted by molar-refractivity contribution is 5.78. The van der Waals surface area contributed by atoms with Crippen LogP contribution in [0.2, 0.25) is 0 Å². The molecule has 7 heteroatoms. The topological polar surface area (TPSA) is 39.3 Å². The fourth-order valence-electron chi connectivity index (χ4n) is 4.27. The first-order valence-electron chi connectivity index (χ1n) is 11.0. The number of carbonyl (C=O) groups excluding carboxylic acids is 1. The summed E-state index contributed by atoms with van der Waals surface area (Å²) in [6, 6.07) is 15.1. The van der Waals surface area contributed by atoms with Crippen molar-refractivity contribution >= 4 is 11.6 Å². The molecule has 2 aromatic rings. The third kappa shape index (κ3) is 5.54. The van der Waals surface area contributed by atoms with Crippen molar-refractivity contribution in [1.82, 2.24) is 14.7 Å². The van der Waals surface area contributed by atoms with Gasteiger partial charge in [-0.2, -0.15) is 0 Å². The first kappa shape index (κ1) is 21.6. The number of halogens is 1. The summed E-state index contributed by atoms with van der Waals surface area (Å²) in [6.45, 7) is 7.64. The predicted octanol–water partition coefficient (Wildman–Crippen LogP) is 2.30. The van der Waals surface area contributed by atoms with Gasteiger partial charge >= 0.3 is 0 Å². The summed E-state index contributed by atoms with van der Waals surface area (Å²) in [5, 5.41) is 0. The van der Waals surface area contributed by atoms with Crippen LogP contribution < -0.4 is 9.64 Å². The van der Waals surface area contributed by atoms with E-state index in [0.717, 1.165) is 50.6 Å². The maximum absolute atomic E-state index is 13.9. The van der Waals surface area contributed by atoms with Crippen LogP contribution >= 0.6 is 0 Å². The molecular weight excluding hydrogens is 395 g/mol. The molecule has 2 saturated heterocycles. The van der Waals surface area contributed by atoms with Crippen LogP contribution in [0.15, 0.2) is 48.5 Å². The Balaban J connectivity index is 1.19. The number of nitrogens with zero attached hydrogens (tertiary/aromatic N) is 4. The number of carbonyl (C=O) groups is 1. The van der Waals surface area contributed by atoms with Gasteiger partial charge in [0.1, 0.15) is 11.6 Å². The van der Waals surface area contributed by atoms with E-state index in [1.165, 1.54) is 11.8 Å². The summed E-state index contributed by atoms with van der Waals surface area (Å²) < 4.78 is 19.1. The predicted molar refractivity (Wildman–Crippen MR) is 120 cm³/mol. The van der Waals surface area contributed by atoms with Gasteiger partial charge in [-0.05, 0) is 30.3 Å². The molecule has 0 N–H and O–H groups in total. The van der Waals surface area contributed by atoms with Crippen LogP contribution in [-0.2, 0) is 11.3 Å². The minimum Gasteiger partial charge on any atom is -0.497 e. The molecule has 166 valence electrons. The van der Waals surface area contributed by atoms with E-state index in [2.05, 4.69) is 26.8 Å². The molecule has 6 nitrogen and oxygen atoms in total. The molecule has 2 heterocycles. The number of methoxy groups -OCH3 is 1. The van der Waals surface area contributed by atoms with Crippen molar-refractivity contribution in [2.24, 2.45) is 0 Å². The Morgan fingerprint density at radius 1 is 0.871 bits per heavy atom. The van der Waals surface area contributed by atoms with Crippen LogP contribution in [0.4, 0.5) is 10.1 Å². The highest BCUT2D eigenvalue weighted by atomic mass is 19.1. The molecule has 2 aromatic carbocycles. The number of anilines is 1. The Bertz CT molecular complexity index is 860. The van der Waals surface area contributed by atoms with Crippen molar-refractivity contribution in [3.8, 4) is 5.75 Å². The third-order valence-electron chi connectivity index (χ3n) is 6.25. The SMILES string of the molecule is COc1ccc(N2CCN(CC(=O)N3CCN(Cc4ccccc4F)CC3)CC2)cc1. The van der Waals surface area contributed by atoms with Crippen molar-refractivity contribution < 1.29 is 13.9 Å². The second-order valence-corrected chi connectivity index (χ2v) is 8.21. The van der Waals surface area contributed by atoms with Gasteiger partial charge in [0.05, 0.1) is 13.7 Å². The zero-order chi connectivity index (χ0) is 21.6. The Morgan fingerprint density at radius 3 is 2.16 bits per heavy atom. The Hall–Kier alpha value is -2.64. The average molecular weight is 427 g/mol. The molecule has 4 rings (SSSR count). The molecule has 0 aromatic heterocycles. The number of benzene rings is 2. The molecule has 0 saturated carbocycles. The second-order valence-electron chi connectivity index (χ2n) is 8.21. The summed E-state index contributed by atoms with van der Waals surface area (Å²) in [6.07, 6.45) is 0. The van der Waals surface area contributed by atoms with Crippen molar-refractivity contribution in [3.63, 3.8) is 0 Å². The summed E-state index contributed by atoms with van der Waals surface area (Å²) in [5.74, 6) is 0.903. The number of amides is 1. The summed E-state index contributed by atoms with van der Waals surface area (Å²) in [5.41, 5.74) is 1.91. The maximum atomic E-state index is 13.9. The highest BCUT2D eigenvalue weighted by Crippen LogP contribution is 2.20. The summed E-state index contributed by atoms with van der Waals surface area (Å²) in [7, 11) is 1.67. The number of piperazine rings is 2. The minimum atomic E-state index is -0.158. The highest BCUT2D eigenvalue weighted by Gasteiger charge is 2.25. The molecule has 2 fully saturated rings. The van der Waals surface area contributed by atoms with Crippen LogP contribution in [0.1, 0.15) is 5.56 Å². The molecule has 0 unspecified atom stereocenters. The van der Waals surface area contributed by atoms with E-state index in [9.17, 15) is 9.18 Å². The lowest BCUT2D eigenvalue weighted by Crippen LogP contribution is -2.53. The Labute approximate surface area is 183 Å². The van der Waals surface area contributed by atoms with Crippen molar-refractivity contribution in [2.75, 3.05) is 70.9 Å². The van der Waals surface area contributed by atoms with Crippen LogP contribution in [0.3, 0.4) is 0 Å². The van der Waals surface area contributed by atoms with Gasteiger partial charge in [-0.25, -0.2) is 4.39 Å². The lowest BCUT2D eigenvalue weighted by molar-refractivity contribution is -0.134. The largest absolute Gasteiger partial charge is 0.497 e. The van der Waals surface area contributed by atoms with Gasteiger partial charge in [0, 0.05) is 70.2 Å². The van der Waals surface area contributed by atoms with E-state index in [-0.39, 0.29) is 11.7 Å². The molecule has 0 aliphatic carbocycles. The van der Waals surface area contributed by atoms with E-state index in [1.54, 1.807) is 13.2 Å². The van der Waals surface area contributed by atoms with E-state index >= 15 is 0 Å². The van der Waals surface area contributed by atoms with E-state index in [0.29, 0.717) is 26.2 Å². The average Bonchev–Trinajstić information content (AvgIpc) is 2.81. The maximum Gasteiger partial charge on any atom is 0.236 e. The van der Waals surface area contributed by atoms with Crippen molar-refractivity contribution in [3.05, 3.63) is 59.9 Å². The third-order valence-corrected chi connectivity index (χ3v) is 6.25. The molecule has 0 radical (unpaired) electrons. The Morgan fingerprint density at radius 2 is 1.52 bits per heavy atom. The van der Waals surface area contributed by atoms with E-state index in [1.807, 2.05) is 29.2 Å². The first-order valence-corrected chi connectivity index (χ1v) is 11.0.